The Morgan fingerprint density at radius 2 is 0.238 bits per heavy atom. The fourth-order valence-electron chi connectivity index (χ4n) is 0. The van der Waals surface area contributed by atoms with Crippen LogP contribution in [0.2, 0.25) is 0 Å². The third-order valence-corrected chi connectivity index (χ3v) is 0. The van der Waals surface area contributed by atoms with Crippen molar-refractivity contribution in [2.75, 3.05) is 100.0 Å². The van der Waals surface area contributed by atoms with Gasteiger partial charge in [0.2, 0.25) is 0 Å². The fraction of sp³-hybridized carbons (Fsp3) is 1.00. The average molecular weight is 483 g/mol. The summed E-state index contributed by atoms with van der Waals surface area (Å²) < 4.78 is 0. The van der Waals surface area contributed by atoms with Gasteiger partial charge >= 0.3 is 21.1 Å². The minimum absolute atomic E-state index is 0. The molecule has 0 rings (SSSR count). The predicted molar refractivity (Wildman–Crippen MR) is 133 cm³/mol. The Kier molecular flexibility index (Phi) is 63.7. The average Bonchev–Trinajstić information content (AvgIpc) is 1.94. The van der Waals surface area contributed by atoms with Gasteiger partial charge in [-0.2, -0.15) is 0 Å². The summed E-state index contributed by atoms with van der Waals surface area (Å²) in [4.78, 5) is 0. The van der Waals surface area contributed by atoms with Crippen LogP contribution in [0.4, 0.5) is 0 Å². The molecule has 0 unspecified atom stereocenters. The molecule has 0 aromatic heterocycles. The van der Waals surface area contributed by atoms with E-state index in [4.69, 9.17) is 0 Å². The van der Waals surface area contributed by atoms with Gasteiger partial charge in [-0.05, 0) is 39.6 Å². The van der Waals surface area contributed by atoms with Gasteiger partial charge in [0.15, 0.2) is 0 Å². The van der Waals surface area contributed by atoms with Crippen molar-refractivity contribution >= 4 is 39.6 Å². The zero-order chi connectivity index (χ0) is 17.9. The molecule has 0 atom stereocenters. The summed E-state index contributed by atoms with van der Waals surface area (Å²) >= 11 is 0. The van der Waals surface area contributed by atoms with Crippen LogP contribution in [0.1, 0.15) is 0 Å². The molecular weight excluding hydrogens is 431 g/mol. The van der Waals surface area contributed by atoms with Crippen LogP contribution in [0.15, 0.2) is 0 Å². The molecule has 0 bridgehead atoms. The maximum absolute atomic E-state index is 2.27. The van der Waals surface area contributed by atoms with Crippen molar-refractivity contribution in [1.29, 1.82) is 0 Å². The van der Waals surface area contributed by atoms with E-state index in [-0.39, 0.29) is 60.7 Å². The van der Waals surface area contributed by atoms with Crippen LogP contribution in [-0.2, 0) is 21.1 Å². The van der Waals surface area contributed by atoms with Crippen LogP contribution >= 0.6 is 39.6 Å². The van der Waals surface area contributed by atoms with Gasteiger partial charge in [-0.15, -0.1) is 0 Å². The molecular formula is C15H52MoP5+5. The van der Waals surface area contributed by atoms with Gasteiger partial charge in [0.1, 0.15) is 0 Å². The minimum atomic E-state index is 0. The Morgan fingerprint density at radius 3 is 0.238 bits per heavy atom. The SMILES string of the molecule is C[PH+](C)C.C[PH+](C)C.C[PH+](C)C.C[PH+](C)C.C[PH+](C)C.[MoH2]. The molecule has 0 radical (unpaired) electrons. The first-order valence-corrected chi connectivity index (χ1v) is 22.5. The van der Waals surface area contributed by atoms with Crippen molar-refractivity contribution in [2.45, 2.75) is 0 Å². The van der Waals surface area contributed by atoms with E-state index in [1.54, 1.807) is 0 Å². The zero-order valence-corrected chi connectivity index (χ0v) is 25.5. The Balaban J connectivity index is -0.0000000331. The van der Waals surface area contributed by atoms with E-state index in [0.29, 0.717) is 0 Å². The van der Waals surface area contributed by atoms with E-state index >= 15 is 0 Å². The van der Waals surface area contributed by atoms with Crippen LogP contribution < -0.4 is 0 Å². The summed E-state index contributed by atoms with van der Waals surface area (Å²) in [6, 6.07) is 0. The topological polar surface area (TPSA) is 0 Å². The summed E-state index contributed by atoms with van der Waals surface area (Å²) in [6.45, 7) is 34.0. The summed E-state index contributed by atoms with van der Waals surface area (Å²) in [5.74, 6) is 0. The van der Waals surface area contributed by atoms with E-state index in [1.807, 2.05) is 0 Å². The van der Waals surface area contributed by atoms with Crippen LogP contribution in [0.25, 0.3) is 0 Å². The van der Waals surface area contributed by atoms with Gasteiger partial charge in [-0.3, -0.25) is 0 Å². The van der Waals surface area contributed by atoms with E-state index in [2.05, 4.69) is 100.0 Å². The third kappa shape index (κ3) is 1230. The second-order valence-electron chi connectivity index (χ2n) is 7.50. The second-order valence-corrected chi connectivity index (χ2v) is 22.5. The summed E-state index contributed by atoms with van der Waals surface area (Å²) in [7, 11) is 0.602. The summed E-state index contributed by atoms with van der Waals surface area (Å²) in [5.41, 5.74) is 0. The Bertz CT molecular complexity index is 80.6. The van der Waals surface area contributed by atoms with Crippen molar-refractivity contribution in [3.8, 4) is 0 Å². The van der Waals surface area contributed by atoms with Crippen LogP contribution in [0.5, 0.6) is 0 Å². The molecule has 0 amide bonds. The molecule has 138 valence electrons. The zero-order valence-electron chi connectivity index (χ0n) is 18.0. The van der Waals surface area contributed by atoms with Gasteiger partial charge in [-0.1, -0.05) is 0 Å². The molecule has 0 fully saturated rings. The maximum atomic E-state index is 2.27. The molecule has 21 heavy (non-hydrogen) atoms. The van der Waals surface area contributed by atoms with Gasteiger partial charge in [0.25, 0.3) is 0 Å². The molecule has 0 N–H and O–H groups in total. The first kappa shape index (κ1) is 39.1. The van der Waals surface area contributed by atoms with E-state index in [0.717, 1.165) is 0 Å². The number of rotatable bonds is 0. The molecule has 0 aromatic rings. The fourth-order valence-corrected chi connectivity index (χ4v) is 0. The number of hydrogen-bond donors (Lipinski definition) is 0. The molecule has 0 aliphatic rings. The summed E-state index contributed by atoms with van der Waals surface area (Å²) in [6.07, 6.45) is 0. The Morgan fingerprint density at radius 1 is 0.238 bits per heavy atom. The molecule has 0 saturated heterocycles. The van der Waals surface area contributed by atoms with Gasteiger partial charge < -0.3 is 0 Å². The quantitative estimate of drug-likeness (QED) is 0.339. The van der Waals surface area contributed by atoms with Crippen LogP contribution in [0, 0.1) is 0 Å². The van der Waals surface area contributed by atoms with Crippen LogP contribution in [0.3, 0.4) is 0 Å². The van der Waals surface area contributed by atoms with E-state index in [1.165, 1.54) is 0 Å². The first-order chi connectivity index (χ1) is 8.66. The predicted octanol–water partition coefficient (Wildman–Crippen LogP) is 4.91. The standard InChI is InChI=1S/5C3H9P.Mo.2H/c5*1-4(2)3;;;/h5*1-3H3;;;/p+5. The van der Waals surface area contributed by atoms with E-state index in [9.17, 15) is 0 Å². The van der Waals surface area contributed by atoms with Crippen molar-refractivity contribution in [2.24, 2.45) is 0 Å². The van der Waals surface area contributed by atoms with Crippen molar-refractivity contribution in [3.05, 3.63) is 0 Å². The molecule has 0 aliphatic heterocycles. The van der Waals surface area contributed by atoms with Crippen molar-refractivity contribution in [3.63, 3.8) is 0 Å². The van der Waals surface area contributed by atoms with Gasteiger partial charge in [0.05, 0.1) is 0 Å². The number of hydrogen-bond acceptors (Lipinski definition) is 0. The molecule has 0 aliphatic carbocycles. The molecule has 0 aromatic carbocycles. The van der Waals surface area contributed by atoms with E-state index < -0.39 is 0 Å². The summed E-state index contributed by atoms with van der Waals surface area (Å²) in [5, 5.41) is 0. The van der Waals surface area contributed by atoms with Gasteiger partial charge in [0, 0.05) is 100.0 Å². The molecule has 0 spiro atoms. The normalized spacial score (nSPS) is 8.57. The Hall–Kier alpha value is 2.84. The molecule has 0 saturated carbocycles. The van der Waals surface area contributed by atoms with Gasteiger partial charge in [-0.25, -0.2) is 0 Å². The van der Waals surface area contributed by atoms with Crippen molar-refractivity contribution in [1.82, 2.24) is 0 Å². The van der Waals surface area contributed by atoms with Crippen molar-refractivity contribution < 1.29 is 21.1 Å². The van der Waals surface area contributed by atoms with Crippen LogP contribution in [-0.4, -0.2) is 100.0 Å². The Labute approximate surface area is 160 Å². The molecule has 6 heteroatoms. The third-order valence-electron chi connectivity index (χ3n) is 0. The second kappa shape index (κ2) is 34.2. The molecule has 0 heterocycles. The first-order valence-electron chi connectivity index (χ1n) is 7.50. The monoisotopic (exact) mass is 485 g/mol. The molecule has 0 nitrogen and oxygen atoms in total.